The molecule has 0 radical (unpaired) electrons. The van der Waals surface area contributed by atoms with Crippen LogP contribution in [-0.2, 0) is 6.54 Å². The molecule has 5 nitrogen and oxygen atoms in total. The van der Waals surface area contributed by atoms with Gasteiger partial charge in [0.05, 0.1) is 30.6 Å². The topological polar surface area (TPSA) is 46.2 Å². The second kappa shape index (κ2) is 8.08. The number of benzene rings is 1. The molecule has 1 N–H and O–H groups in total. The summed E-state index contributed by atoms with van der Waals surface area (Å²) in [7, 11) is 0. The lowest BCUT2D eigenvalue weighted by Crippen LogP contribution is -2.29. The molecule has 4 aromatic rings. The average molecular weight is 479 g/mol. The fraction of sp³-hybridized carbons (Fsp3) is 0.130. The highest BCUT2D eigenvalue weighted by Gasteiger charge is 2.41. The lowest BCUT2D eigenvalue weighted by atomic mass is 10.0. The molecule has 0 bridgehead atoms. The van der Waals surface area contributed by atoms with Crippen molar-refractivity contribution in [2.24, 2.45) is 0 Å². The van der Waals surface area contributed by atoms with Crippen molar-refractivity contribution in [3.63, 3.8) is 0 Å². The van der Waals surface area contributed by atoms with E-state index in [1.807, 2.05) is 48.7 Å². The Morgan fingerprint density at radius 1 is 1.03 bits per heavy atom. The number of hydrogen-bond donors (Lipinski definition) is 1. The molecule has 4 heterocycles. The van der Waals surface area contributed by atoms with E-state index in [9.17, 15) is 0 Å². The smallest absolute Gasteiger partial charge is 0.170 e. The zero-order valence-electron chi connectivity index (χ0n) is 16.0. The minimum Gasteiger partial charge on any atom is -0.467 e. The van der Waals surface area contributed by atoms with Crippen molar-refractivity contribution in [3.8, 4) is 5.69 Å². The molecule has 0 aliphatic carbocycles. The Bertz CT molecular complexity index is 1140. The molecule has 1 aromatic carbocycles. The molecule has 0 saturated carbocycles. The highest BCUT2D eigenvalue weighted by molar-refractivity contribution is 9.10. The van der Waals surface area contributed by atoms with Crippen molar-refractivity contribution >= 4 is 33.3 Å². The van der Waals surface area contributed by atoms with Gasteiger partial charge in [-0.2, -0.15) is 0 Å². The van der Waals surface area contributed by atoms with E-state index < -0.39 is 0 Å². The molecule has 2 atom stereocenters. The van der Waals surface area contributed by atoms with Gasteiger partial charge in [-0.1, -0.05) is 22.0 Å². The van der Waals surface area contributed by atoms with Crippen molar-refractivity contribution in [1.82, 2.24) is 19.8 Å². The summed E-state index contributed by atoms with van der Waals surface area (Å²) in [4.78, 5) is 6.79. The maximum absolute atomic E-state index is 5.75. The number of furan rings is 1. The van der Waals surface area contributed by atoms with Crippen molar-refractivity contribution in [2.75, 3.05) is 0 Å². The molecule has 1 saturated heterocycles. The van der Waals surface area contributed by atoms with Gasteiger partial charge in [-0.05, 0) is 72.9 Å². The second-order valence-electron chi connectivity index (χ2n) is 7.11. The third kappa shape index (κ3) is 3.55. The first-order chi connectivity index (χ1) is 14.7. The van der Waals surface area contributed by atoms with Gasteiger partial charge in [0, 0.05) is 28.2 Å². The Labute approximate surface area is 188 Å². The molecule has 7 heteroatoms. The Kier molecular flexibility index (Phi) is 5.14. The molecule has 5 rings (SSSR count). The minimum absolute atomic E-state index is 0.0452. The summed E-state index contributed by atoms with van der Waals surface area (Å²) >= 11 is 9.27. The van der Waals surface area contributed by atoms with E-state index in [0.717, 1.165) is 27.3 Å². The van der Waals surface area contributed by atoms with E-state index in [1.165, 1.54) is 0 Å². The number of nitrogens with one attached hydrogen (secondary N) is 1. The van der Waals surface area contributed by atoms with Gasteiger partial charge in [0.1, 0.15) is 5.76 Å². The molecule has 1 aliphatic rings. The SMILES string of the molecule is S=C1NC(c2ccccn2)C(c2cccn2-c2ccc(Br)cc2)N1Cc1ccco1. The largest absolute Gasteiger partial charge is 0.467 e. The van der Waals surface area contributed by atoms with Crippen LogP contribution in [0, 0.1) is 0 Å². The summed E-state index contributed by atoms with van der Waals surface area (Å²) in [6.07, 6.45) is 5.60. The molecular weight excluding hydrogens is 460 g/mol. The summed E-state index contributed by atoms with van der Waals surface area (Å²) in [5.74, 6) is 0.868. The molecule has 1 aliphatic heterocycles. The van der Waals surface area contributed by atoms with Crippen molar-refractivity contribution in [3.05, 3.63) is 107 Å². The number of nitrogens with zero attached hydrogens (tertiary/aromatic N) is 3. The van der Waals surface area contributed by atoms with Crippen LogP contribution in [0.5, 0.6) is 0 Å². The van der Waals surface area contributed by atoms with E-state index in [4.69, 9.17) is 16.6 Å². The Morgan fingerprint density at radius 2 is 1.90 bits per heavy atom. The van der Waals surface area contributed by atoms with Crippen LogP contribution in [0.25, 0.3) is 5.69 Å². The quantitative estimate of drug-likeness (QED) is 0.389. The van der Waals surface area contributed by atoms with Crippen molar-refractivity contribution < 1.29 is 4.42 Å². The monoisotopic (exact) mass is 478 g/mol. The van der Waals surface area contributed by atoms with Gasteiger partial charge in [-0.3, -0.25) is 4.98 Å². The molecular formula is C23H19BrN4OS. The van der Waals surface area contributed by atoms with Crippen LogP contribution in [0.1, 0.15) is 29.2 Å². The third-order valence-electron chi connectivity index (χ3n) is 5.29. The first kappa shape index (κ1) is 19.1. The first-order valence-corrected chi connectivity index (χ1v) is 10.8. The van der Waals surface area contributed by atoms with Gasteiger partial charge in [0.25, 0.3) is 0 Å². The zero-order chi connectivity index (χ0) is 20.5. The van der Waals surface area contributed by atoms with E-state index in [2.05, 4.69) is 66.2 Å². The van der Waals surface area contributed by atoms with Gasteiger partial charge in [-0.25, -0.2) is 0 Å². The van der Waals surface area contributed by atoms with E-state index >= 15 is 0 Å². The fourth-order valence-electron chi connectivity index (χ4n) is 3.94. The predicted molar refractivity (Wildman–Crippen MR) is 123 cm³/mol. The molecule has 1 fully saturated rings. The summed E-state index contributed by atoms with van der Waals surface area (Å²) in [5.41, 5.74) is 3.18. The maximum Gasteiger partial charge on any atom is 0.170 e. The number of hydrogen-bond acceptors (Lipinski definition) is 3. The summed E-state index contributed by atoms with van der Waals surface area (Å²) in [5, 5.41) is 4.18. The standard InChI is InChI=1S/C23H19BrN4OS/c24-16-8-10-17(11-9-16)27-13-3-7-20(27)22-21(19-6-1-2-12-25-19)26-23(30)28(22)15-18-5-4-14-29-18/h1-14,21-22H,15H2,(H,26,30). The lowest BCUT2D eigenvalue weighted by molar-refractivity contribution is 0.280. The van der Waals surface area contributed by atoms with Crippen LogP contribution in [0.4, 0.5) is 0 Å². The maximum atomic E-state index is 5.75. The van der Waals surface area contributed by atoms with Crippen LogP contribution < -0.4 is 5.32 Å². The normalized spacial score (nSPS) is 18.6. The molecule has 2 unspecified atom stereocenters. The lowest BCUT2D eigenvalue weighted by Gasteiger charge is -2.28. The average Bonchev–Trinajstić information content (AvgIpc) is 3.51. The molecule has 150 valence electrons. The number of aromatic nitrogens is 2. The van der Waals surface area contributed by atoms with E-state index in [0.29, 0.717) is 11.7 Å². The number of pyridine rings is 1. The van der Waals surface area contributed by atoms with Gasteiger partial charge in [0.15, 0.2) is 5.11 Å². The van der Waals surface area contributed by atoms with E-state index in [1.54, 1.807) is 6.26 Å². The van der Waals surface area contributed by atoms with Crippen LogP contribution in [0.15, 0.2) is 94.3 Å². The predicted octanol–water partition coefficient (Wildman–Crippen LogP) is 5.40. The summed E-state index contributed by atoms with van der Waals surface area (Å²) in [6, 6.07) is 22.2. The Balaban J connectivity index is 1.60. The van der Waals surface area contributed by atoms with Crippen LogP contribution in [0.3, 0.4) is 0 Å². The van der Waals surface area contributed by atoms with Crippen LogP contribution >= 0.6 is 28.1 Å². The van der Waals surface area contributed by atoms with Crippen LogP contribution in [-0.4, -0.2) is 19.6 Å². The van der Waals surface area contributed by atoms with Crippen molar-refractivity contribution in [2.45, 2.75) is 18.6 Å². The molecule has 0 amide bonds. The zero-order valence-corrected chi connectivity index (χ0v) is 18.4. The third-order valence-corrected chi connectivity index (χ3v) is 6.17. The van der Waals surface area contributed by atoms with Gasteiger partial charge >= 0.3 is 0 Å². The van der Waals surface area contributed by atoms with Gasteiger partial charge in [-0.15, -0.1) is 0 Å². The second-order valence-corrected chi connectivity index (χ2v) is 8.42. The Morgan fingerprint density at radius 3 is 2.63 bits per heavy atom. The van der Waals surface area contributed by atoms with Gasteiger partial charge < -0.3 is 19.2 Å². The highest BCUT2D eigenvalue weighted by atomic mass is 79.9. The molecule has 30 heavy (non-hydrogen) atoms. The highest BCUT2D eigenvalue weighted by Crippen LogP contribution is 2.40. The summed E-state index contributed by atoms with van der Waals surface area (Å²) in [6.45, 7) is 0.582. The summed E-state index contributed by atoms with van der Waals surface area (Å²) < 4.78 is 8.88. The van der Waals surface area contributed by atoms with E-state index in [-0.39, 0.29) is 12.1 Å². The molecule has 0 spiro atoms. The number of thiocarbonyl (C=S) groups is 1. The van der Waals surface area contributed by atoms with Crippen LogP contribution in [0.2, 0.25) is 0 Å². The van der Waals surface area contributed by atoms with Gasteiger partial charge in [0.2, 0.25) is 0 Å². The molecule has 3 aromatic heterocycles. The van der Waals surface area contributed by atoms with Crippen molar-refractivity contribution in [1.29, 1.82) is 0 Å². The Hall–Kier alpha value is -2.90. The fourth-order valence-corrected chi connectivity index (χ4v) is 4.51. The number of halogens is 1. The first-order valence-electron chi connectivity index (χ1n) is 9.64. The minimum atomic E-state index is -0.0715. The number of rotatable bonds is 5.